The summed E-state index contributed by atoms with van der Waals surface area (Å²) in [5.41, 5.74) is 2.52. The number of anilines is 1. The third kappa shape index (κ3) is 5.37. The number of pyridine rings is 1. The zero-order chi connectivity index (χ0) is 19.3. The molecule has 1 aliphatic heterocycles. The summed E-state index contributed by atoms with van der Waals surface area (Å²) in [6, 6.07) is 12.0. The van der Waals surface area contributed by atoms with Gasteiger partial charge in [0.15, 0.2) is 0 Å². The Bertz CT molecular complexity index is 744. The Morgan fingerprint density at radius 2 is 2.07 bits per heavy atom. The number of hydrogen-bond acceptors (Lipinski definition) is 4. The number of benzene rings is 1. The summed E-state index contributed by atoms with van der Waals surface area (Å²) in [6.07, 6.45) is 5.44. The molecule has 5 heteroatoms. The monoisotopic (exact) mass is 367 g/mol. The zero-order valence-corrected chi connectivity index (χ0v) is 16.4. The molecule has 0 bridgehead atoms. The van der Waals surface area contributed by atoms with Gasteiger partial charge in [0, 0.05) is 31.0 Å². The van der Waals surface area contributed by atoms with E-state index in [4.69, 9.17) is 4.74 Å². The Morgan fingerprint density at radius 1 is 1.30 bits per heavy atom. The number of aromatic nitrogens is 1. The van der Waals surface area contributed by atoms with Gasteiger partial charge < -0.3 is 10.1 Å². The van der Waals surface area contributed by atoms with Crippen LogP contribution in [0.1, 0.15) is 49.5 Å². The van der Waals surface area contributed by atoms with E-state index in [-0.39, 0.29) is 11.5 Å². The number of ether oxygens (including phenoxy) is 1. The molecule has 1 saturated heterocycles. The smallest absolute Gasteiger partial charge is 0.255 e. The Hall–Kier alpha value is -2.24. The molecule has 144 valence electrons. The van der Waals surface area contributed by atoms with Gasteiger partial charge in [0.1, 0.15) is 0 Å². The van der Waals surface area contributed by atoms with Crippen LogP contribution in [0.2, 0.25) is 0 Å². The van der Waals surface area contributed by atoms with Crippen molar-refractivity contribution in [3.8, 4) is 0 Å². The topological polar surface area (TPSA) is 54.5 Å². The minimum absolute atomic E-state index is 0.0510. The van der Waals surface area contributed by atoms with Gasteiger partial charge in [-0.25, -0.2) is 0 Å². The number of nitrogens with zero attached hydrogens (tertiary/aromatic N) is 2. The van der Waals surface area contributed by atoms with Crippen LogP contribution in [0.5, 0.6) is 0 Å². The molecule has 1 N–H and O–H groups in total. The van der Waals surface area contributed by atoms with Gasteiger partial charge in [-0.15, -0.1) is 0 Å². The predicted molar refractivity (Wildman–Crippen MR) is 108 cm³/mol. The average Bonchev–Trinajstić information content (AvgIpc) is 2.66. The molecule has 5 nitrogen and oxygen atoms in total. The van der Waals surface area contributed by atoms with Gasteiger partial charge in [0.05, 0.1) is 17.5 Å². The van der Waals surface area contributed by atoms with Gasteiger partial charge in [-0.05, 0) is 63.1 Å². The van der Waals surface area contributed by atoms with Crippen LogP contribution >= 0.6 is 0 Å². The van der Waals surface area contributed by atoms with Gasteiger partial charge in [-0.2, -0.15) is 0 Å². The van der Waals surface area contributed by atoms with Crippen LogP contribution in [0.4, 0.5) is 5.69 Å². The Labute approximate surface area is 161 Å². The van der Waals surface area contributed by atoms with E-state index < -0.39 is 0 Å². The number of carbonyl (C=O) groups is 1. The normalized spacial score (nSPS) is 19.0. The summed E-state index contributed by atoms with van der Waals surface area (Å²) >= 11 is 0. The second-order valence-electron chi connectivity index (χ2n) is 7.71. The molecule has 27 heavy (non-hydrogen) atoms. The van der Waals surface area contributed by atoms with Crippen LogP contribution in [0.25, 0.3) is 0 Å². The van der Waals surface area contributed by atoms with Gasteiger partial charge in [0.2, 0.25) is 0 Å². The molecule has 0 spiro atoms. The highest BCUT2D eigenvalue weighted by Crippen LogP contribution is 2.28. The summed E-state index contributed by atoms with van der Waals surface area (Å²) in [4.78, 5) is 18.9. The zero-order valence-electron chi connectivity index (χ0n) is 16.4. The van der Waals surface area contributed by atoms with E-state index in [9.17, 15) is 4.79 Å². The van der Waals surface area contributed by atoms with Crippen LogP contribution in [0.15, 0.2) is 48.8 Å². The standard InChI is InChI=1S/C22H29N3O2/c1-4-25(20-11-13-27-22(2,3)14-20)16-17-7-9-18(10-8-17)21(26)24-19-6-5-12-23-15-19/h5-10,12,15,20H,4,11,13-14,16H2,1-3H3,(H,24,26)/t20-/m0/s1. The van der Waals surface area contributed by atoms with E-state index in [1.54, 1.807) is 18.5 Å². The van der Waals surface area contributed by atoms with E-state index >= 15 is 0 Å². The minimum Gasteiger partial charge on any atom is -0.375 e. The first-order valence-electron chi connectivity index (χ1n) is 9.65. The van der Waals surface area contributed by atoms with Crippen LogP contribution in [0, 0.1) is 0 Å². The average molecular weight is 367 g/mol. The first-order valence-corrected chi connectivity index (χ1v) is 9.65. The second kappa shape index (κ2) is 8.63. The van der Waals surface area contributed by atoms with E-state index in [0.29, 0.717) is 17.3 Å². The molecule has 2 heterocycles. The Morgan fingerprint density at radius 3 is 2.70 bits per heavy atom. The molecule has 0 saturated carbocycles. The predicted octanol–water partition coefficient (Wildman–Crippen LogP) is 4.11. The van der Waals surface area contributed by atoms with Crippen molar-refractivity contribution in [2.45, 2.75) is 51.8 Å². The fraction of sp³-hybridized carbons (Fsp3) is 0.455. The molecule has 0 radical (unpaired) electrons. The molecule has 2 aromatic rings. The second-order valence-corrected chi connectivity index (χ2v) is 7.71. The fourth-order valence-corrected chi connectivity index (χ4v) is 3.65. The number of hydrogen-bond donors (Lipinski definition) is 1. The quantitative estimate of drug-likeness (QED) is 0.835. The summed E-state index contributed by atoms with van der Waals surface area (Å²) in [5.74, 6) is -0.118. The summed E-state index contributed by atoms with van der Waals surface area (Å²) < 4.78 is 5.86. The van der Waals surface area contributed by atoms with Crippen LogP contribution in [-0.4, -0.2) is 40.6 Å². The third-order valence-electron chi connectivity index (χ3n) is 5.11. The van der Waals surface area contributed by atoms with Crippen LogP contribution in [-0.2, 0) is 11.3 Å². The lowest BCUT2D eigenvalue weighted by molar-refractivity contribution is -0.0838. The summed E-state index contributed by atoms with van der Waals surface area (Å²) in [5, 5.41) is 2.86. The van der Waals surface area contributed by atoms with E-state index in [1.165, 1.54) is 5.56 Å². The van der Waals surface area contributed by atoms with Gasteiger partial charge in [-0.3, -0.25) is 14.7 Å². The number of amides is 1. The SMILES string of the molecule is CCN(Cc1ccc(C(=O)Nc2cccnc2)cc1)[C@H]1CCOC(C)(C)C1. The summed E-state index contributed by atoms with van der Waals surface area (Å²) in [6.45, 7) is 9.26. The van der Waals surface area contributed by atoms with Crippen molar-refractivity contribution >= 4 is 11.6 Å². The molecular weight excluding hydrogens is 338 g/mol. The number of rotatable bonds is 6. The molecule has 1 aliphatic rings. The van der Waals surface area contributed by atoms with Crippen molar-refractivity contribution in [2.75, 3.05) is 18.5 Å². The minimum atomic E-state index is -0.118. The van der Waals surface area contributed by atoms with Crippen LogP contribution in [0.3, 0.4) is 0 Å². The van der Waals surface area contributed by atoms with Gasteiger partial charge in [0.25, 0.3) is 5.91 Å². The van der Waals surface area contributed by atoms with Gasteiger partial charge >= 0.3 is 0 Å². The Balaban J connectivity index is 1.61. The van der Waals surface area contributed by atoms with E-state index in [0.717, 1.165) is 32.5 Å². The van der Waals surface area contributed by atoms with Crippen molar-refractivity contribution in [2.24, 2.45) is 0 Å². The molecule has 0 aliphatic carbocycles. The van der Waals surface area contributed by atoms with Crippen molar-refractivity contribution in [1.82, 2.24) is 9.88 Å². The maximum Gasteiger partial charge on any atom is 0.255 e. The molecule has 1 amide bonds. The highest BCUT2D eigenvalue weighted by molar-refractivity contribution is 6.04. The Kier molecular flexibility index (Phi) is 6.24. The summed E-state index contributed by atoms with van der Waals surface area (Å²) in [7, 11) is 0. The van der Waals surface area contributed by atoms with E-state index in [2.05, 4.69) is 36.0 Å². The first-order chi connectivity index (χ1) is 13.0. The molecule has 1 atom stereocenters. The van der Waals surface area contributed by atoms with Crippen molar-refractivity contribution < 1.29 is 9.53 Å². The molecule has 1 aromatic heterocycles. The maximum absolute atomic E-state index is 12.4. The first kappa shape index (κ1) is 19.5. The number of nitrogens with one attached hydrogen (secondary N) is 1. The third-order valence-corrected chi connectivity index (χ3v) is 5.11. The highest BCUT2D eigenvalue weighted by Gasteiger charge is 2.31. The lowest BCUT2D eigenvalue weighted by Gasteiger charge is -2.41. The molecule has 3 rings (SSSR count). The molecule has 0 unspecified atom stereocenters. The number of carbonyl (C=O) groups excluding carboxylic acids is 1. The molecular formula is C22H29N3O2. The van der Waals surface area contributed by atoms with Crippen molar-refractivity contribution in [3.63, 3.8) is 0 Å². The van der Waals surface area contributed by atoms with Gasteiger partial charge in [-0.1, -0.05) is 19.1 Å². The van der Waals surface area contributed by atoms with Crippen molar-refractivity contribution in [3.05, 3.63) is 59.9 Å². The maximum atomic E-state index is 12.4. The van der Waals surface area contributed by atoms with Crippen molar-refractivity contribution in [1.29, 1.82) is 0 Å². The molecule has 1 fully saturated rings. The largest absolute Gasteiger partial charge is 0.375 e. The van der Waals surface area contributed by atoms with E-state index in [1.807, 2.05) is 30.3 Å². The lowest BCUT2D eigenvalue weighted by atomic mass is 9.92. The fourth-order valence-electron chi connectivity index (χ4n) is 3.65. The highest BCUT2D eigenvalue weighted by atomic mass is 16.5. The molecule has 1 aromatic carbocycles. The van der Waals surface area contributed by atoms with Crippen LogP contribution < -0.4 is 5.32 Å². The lowest BCUT2D eigenvalue weighted by Crippen LogP contribution is -2.45.